The summed E-state index contributed by atoms with van der Waals surface area (Å²) in [5.41, 5.74) is 1.14. The minimum Gasteiger partial charge on any atom is -0.490 e. The zero-order valence-electron chi connectivity index (χ0n) is 15.9. The van der Waals surface area contributed by atoms with Crippen molar-refractivity contribution in [2.75, 3.05) is 0 Å². The minimum atomic E-state index is -0.217. The van der Waals surface area contributed by atoms with Crippen molar-refractivity contribution in [1.29, 1.82) is 0 Å². The lowest BCUT2D eigenvalue weighted by Crippen LogP contribution is -2.22. The number of ether oxygens (including phenoxy) is 1. The number of rotatable bonds is 6. The Balaban J connectivity index is 2.10. The van der Waals surface area contributed by atoms with Crippen molar-refractivity contribution < 1.29 is 4.74 Å². The largest absolute Gasteiger partial charge is 0.490 e. The van der Waals surface area contributed by atoms with Crippen LogP contribution in [0, 0.1) is 0 Å². The normalized spacial score (nSPS) is 12.6. The van der Waals surface area contributed by atoms with E-state index in [-0.39, 0.29) is 11.7 Å². The lowest BCUT2D eigenvalue weighted by atomic mass is 10.2. The molecule has 28 heavy (non-hydrogen) atoms. The maximum absolute atomic E-state index is 13.0. The molecule has 0 aliphatic rings. The number of aryl methyl sites for hydroxylation is 1. The average molecular weight is 463 g/mol. The molecule has 0 amide bonds. The SMILES string of the molecule is CCc1nc2ccc(Br)cc2c(=O)n1N=Cc1cc(Cl)ccc1O[C@@H](C)CC. The smallest absolute Gasteiger partial charge is 0.282 e. The number of nitrogens with zero attached hydrogens (tertiary/aromatic N) is 3. The molecule has 2 aromatic carbocycles. The number of aromatic nitrogens is 2. The molecule has 3 aromatic rings. The average Bonchev–Trinajstić information content (AvgIpc) is 2.69. The van der Waals surface area contributed by atoms with E-state index in [0.717, 1.165) is 10.9 Å². The van der Waals surface area contributed by atoms with Gasteiger partial charge in [-0.3, -0.25) is 4.79 Å². The summed E-state index contributed by atoms with van der Waals surface area (Å²) in [6.07, 6.45) is 3.10. The molecular weight excluding hydrogens is 442 g/mol. The third kappa shape index (κ3) is 4.45. The van der Waals surface area contributed by atoms with Gasteiger partial charge in [0.2, 0.25) is 0 Å². The van der Waals surface area contributed by atoms with Gasteiger partial charge in [0.1, 0.15) is 11.6 Å². The van der Waals surface area contributed by atoms with Crippen molar-refractivity contribution in [2.24, 2.45) is 5.10 Å². The van der Waals surface area contributed by atoms with Crippen molar-refractivity contribution in [1.82, 2.24) is 9.66 Å². The zero-order valence-corrected chi connectivity index (χ0v) is 18.3. The first-order valence-corrected chi connectivity index (χ1v) is 10.3. The molecule has 0 aliphatic carbocycles. The minimum absolute atomic E-state index is 0.0573. The zero-order chi connectivity index (χ0) is 20.3. The monoisotopic (exact) mass is 461 g/mol. The van der Waals surface area contributed by atoms with Gasteiger partial charge in [-0.05, 0) is 49.7 Å². The Morgan fingerprint density at radius 3 is 2.79 bits per heavy atom. The highest BCUT2D eigenvalue weighted by atomic mass is 79.9. The van der Waals surface area contributed by atoms with Crippen molar-refractivity contribution in [2.45, 2.75) is 39.7 Å². The van der Waals surface area contributed by atoms with Crippen molar-refractivity contribution in [3.05, 3.63) is 67.6 Å². The van der Waals surface area contributed by atoms with Crippen LogP contribution in [-0.4, -0.2) is 22.0 Å². The summed E-state index contributed by atoms with van der Waals surface area (Å²) in [7, 11) is 0. The number of fused-ring (bicyclic) bond motifs is 1. The lowest BCUT2D eigenvalue weighted by molar-refractivity contribution is 0.217. The fourth-order valence-electron chi connectivity index (χ4n) is 2.69. The molecule has 0 bridgehead atoms. The molecule has 1 aromatic heterocycles. The predicted molar refractivity (Wildman–Crippen MR) is 118 cm³/mol. The molecule has 1 heterocycles. The first kappa shape index (κ1) is 20.6. The number of hydrogen-bond acceptors (Lipinski definition) is 4. The van der Waals surface area contributed by atoms with E-state index in [9.17, 15) is 4.79 Å². The van der Waals surface area contributed by atoms with Crippen LogP contribution in [0.4, 0.5) is 0 Å². The van der Waals surface area contributed by atoms with E-state index in [1.165, 1.54) is 4.68 Å². The van der Waals surface area contributed by atoms with E-state index in [4.69, 9.17) is 16.3 Å². The Morgan fingerprint density at radius 1 is 1.29 bits per heavy atom. The molecule has 0 saturated carbocycles. The molecular formula is C21H21BrClN3O2. The molecule has 0 fully saturated rings. The molecule has 0 radical (unpaired) electrons. The van der Waals surface area contributed by atoms with Gasteiger partial charge >= 0.3 is 0 Å². The molecule has 0 spiro atoms. The second-order valence-corrected chi connectivity index (χ2v) is 7.78. The van der Waals surface area contributed by atoms with Crippen LogP contribution in [0.25, 0.3) is 10.9 Å². The van der Waals surface area contributed by atoms with Crippen LogP contribution < -0.4 is 10.3 Å². The molecule has 146 valence electrons. The van der Waals surface area contributed by atoms with Crippen LogP contribution in [0.5, 0.6) is 5.75 Å². The second kappa shape index (κ2) is 8.88. The quantitative estimate of drug-likeness (QED) is 0.459. The Kier molecular flexibility index (Phi) is 6.52. The first-order valence-electron chi connectivity index (χ1n) is 9.14. The Morgan fingerprint density at radius 2 is 2.07 bits per heavy atom. The van der Waals surface area contributed by atoms with E-state index in [0.29, 0.717) is 39.5 Å². The second-order valence-electron chi connectivity index (χ2n) is 6.42. The van der Waals surface area contributed by atoms with Gasteiger partial charge in [-0.1, -0.05) is 41.4 Å². The van der Waals surface area contributed by atoms with Crippen LogP contribution in [0.2, 0.25) is 5.02 Å². The van der Waals surface area contributed by atoms with Crippen molar-refractivity contribution in [3.8, 4) is 5.75 Å². The Labute approximate surface area is 177 Å². The van der Waals surface area contributed by atoms with Gasteiger partial charge in [-0.15, -0.1) is 0 Å². The highest BCUT2D eigenvalue weighted by Gasteiger charge is 2.11. The first-order chi connectivity index (χ1) is 13.4. The van der Waals surface area contributed by atoms with Crippen LogP contribution in [0.3, 0.4) is 0 Å². The topological polar surface area (TPSA) is 56.5 Å². The van der Waals surface area contributed by atoms with Crippen LogP contribution in [-0.2, 0) is 6.42 Å². The molecule has 0 N–H and O–H groups in total. The molecule has 0 saturated heterocycles. The Bertz CT molecular complexity index is 1090. The maximum Gasteiger partial charge on any atom is 0.282 e. The summed E-state index contributed by atoms with van der Waals surface area (Å²) < 4.78 is 8.11. The van der Waals surface area contributed by atoms with Crippen LogP contribution in [0.15, 0.2) is 50.8 Å². The lowest BCUT2D eigenvalue weighted by Gasteiger charge is -2.15. The molecule has 1 atom stereocenters. The van der Waals surface area contributed by atoms with Gasteiger partial charge in [0.15, 0.2) is 0 Å². The number of hydrogen-bond donors (Lipinski definition) is 0. The summed E-state index contributed by atoms with van der Waals surface area (Å²) in [5.74, 6) is 1.26. The van der Waals surface area contributed by atoms with Gasteiger partial charge in [-0.2, -0.15) is 9.78 Å². The van der Waals surface area contributed by atoms with Crippen molar-refractivity contribution >= 4 is 44.6 Å². The highest BCUT2D eigenvalue weighted by molar-refractivity contribution is 9.10. The van der Waals surface area contributed by atoms with Gasteiger partial charge in [0.25, 0.3) is 5.56 Å². The van der Waals surface area contributed by atoms with E-state index in [1.54, 1.807) is 24.4 Å². The fraction of sp³-hybridized carbons (Fsp3) is 0.286. The van der Waals surface area contributed by atoms with E-state index in [1.807, 2.05) is 32.0 Å². The maximum atomic E-state index is 13.0. The number of halogens is 2. The fourth-order valence-corrected chi connectivity index (χ4v) is 3.23. The van der Waals surface area contributed by atoms with Crippen LogP contribution in [0.1, 0.15) is 38.6 Å². The molecule has 0 aliphatic heterocycles. The molecule has 7 heteroatoms. The van der Waals surface area contributed by atoms with Gasteiger partial charge in [0, 0.05) is 21.5 Å². The number of benzene rings is 2. The summed E-state index contributed by atoms with van der Waals surface area (Å²) in [4.78, 5) is 17.6. The molecule has 5 nitrogen and oxygen atoms in total. The summed E-state index contributed by atoms with van der Waals surface area (Å²) >= 11 is 9.56. The standard InChI is InChI=1S/C21H21BrClN3O2/c1-4-13(3)28-19-9-7-16(23)10-14(19)12-24-26-20(5-2)25-18-8-6-15(22)11-17(18)21(26)27/h6-13H,4-5H2,1-3H3/t13-/m0/s1. The summed E-state index contributed by atoms with van der Waals surface area (Å²) in [6.45, 7) is 6.00. The molecule has 0 unspecified atom stereocenters. The molecule has 3 rings (SSSR count). The Hall–Kier alpha value is -2.18. The van der Waals surface area contributed by atoms with E-state index < -0.39 is 0 Å². The van der Waals surface area contributed by atoms with Gasteiger partial charge < -0.3 is 4.74 Å². The predicted octanol–water partition coefficient (Wildman–Crippen LogP) is 5.43. The van der Waals surface area contributed by atoms with Crippen LogP contribution >= 0.6 is 27.5 Å². The van der Waals surface area contributed by atoms with Crippen molar-refractivity contribution in [3.63, 3.8) is 0 Å². The summed E-state index contributed by atoms with van der Waals surface area (Å²) in [6, 6.07) is 10.8. The third-order valence-electron chi connectivity index (χ3n) is 4.38. The highest BCUT2D eigenvalue weighted by Crippen LogP contribution is 2.23. The van der Waals surface area contributed by atoms with Gasteiger partial charge in [-0.25, -0.2) is 4.98 Å². The van der Waals surface area contributed by atoms with E-state index in [2.05, 4.69) is 32.9 Å². The van der Waals surface area contributed by atoms with E-state index >= 15 is 0 Å². The third-order valence-corrected chi connectivity index (χ3v) is 5.11. The summed E-state index contributed by atoms with van der Waals surface area (Å²) in [5, 5.41) is 5.50. The van der Waals surface area contributed by atoms with Gasteiger partial charge in [0.05, 0.1) is 23.2 Å².